The number of benzene rings is 1. The zero-order chi connectivity index (χ0) is 19.0. The molecule has 0 radical (unpaired) electrons. The molecule has 0 aliphatic carbocycles. The molecule has 1 rings (SSSR count). The van der Waals surface area contributed by atoms with E-state index in [-0.39, 0.29) is 6.54 Å². The average molecular weight is 381 g/mol. The molecule has 0 aliphatic heterocycles. The number of methoxy groups -OCH3 is 3. The van der Waals surface area contributed by atoms with Gasteiger partial charge in [-0.2, -0.15) is 13.2 Å². The fourth-order valence-corrected chi connectivity index (χ4v) is 2.34. The van der Waals surface area contributed by atoms with Crippen molar-refractivity contribution in [1.29, 1.82) is 0 Å². The second-order valence-corrected chi connectivity index (χ2v) is 5.82. The van der Waals surface area contributed by atoms with Crippen LogP contribution in [0.2, 0.25) is 0 Å². The van der Waals surface area contributed by atoms with Crippen LogP contribution in [0.15, 0.2) is 18.2 Å². The third-order valence-electron chi connectivity index (χ3n) is 3.04. The normalized spacial score (nSPS) is 11.0. The number of ether oxygens (including phenoxy) is 3. The van der Waals surface area contributed by atoms with Crippen molar-refractivity contribution in [2.24, 2.45) is 0 Å². The largest absolute Gasteiger partial charge is 0.497 e. The number of amides is 1. The second-order valence-electron chi connectivity index (χ2n) is 4.78. The third-order valence-corrected chi connectivity index (χ3v) is 3.76. The summed E-state index contributed by atoms with van der Waals surface area (Å²) in [5.41, 5.74) is -4.00. The lowest BCUT2D eigenvalue weighted by molar-refractivity contribution is -0.146. The first-order chi connectivity index (χ1) is 11.7. The Morgan fingerprint density at radius 1 is 1.08 bits per heavy atom. The first kappa shape index (κ1) is 20.9. The van der Waals surface area contributed by atoms with Gasteiger partial charge in [-0.15, -0.1) is 0 Å². The van der Waals surface area contributed by atoms with E-state index in [1.54, 1.807) is 18.2 Å². The summed E-state index contributed by atoms with van der Waals surface area (Å²) in [6, 6.07) is 4.80. The van der Waals surface area contributed by atoms with Crippen LogP contribution >= 0.6 is 11.8 Å². The zero-order valence-electron chi connectivity index (χ0n) is 13.9. The zero-order valence-corrected chi connectivity index (χ0v) is 14.7. The van der Waals surface area contributed by atoms with Crippen molar-refractivity contribution >= 4 is 23.6 Å². The van der Waals surface area contributed by atoms with Gasteiger partial charge < -0.3 is 19.1 Å². The minimum atomic E-state index is -4.54. The highest BCUT2D eigenvalue weighted by molar-refractivity contribution is 8.00. The first-order valence-electron chi connectivity index (χ1n) is 6.95. The molecular formula is C15H18F3NO5S. The maximum Gasteiger partial charge on any atom is 0.442 e. The van der Waals surface area contributed by atoms with Gasteiger partial charge in [-0.3, -0.25) is 9.59 Å². The van der Waals surface area contributed by atoms with E-state index in [0.29, 0.717) is 17.1 Å². The molecule has 0 atom stereocenters. The number of esters is 1. The van der Waals surface area contributed by atoms with Crippen LogP contribution in [-0.2, 0) is 20.9 Å². The molecule has 0 bridgehead atoms. The Morgan fingerprint density at radius 2 is 1.64 bits per heavy atom. The lowest BCUT2D eigenvalue weighted by Crippen LogP contribution is -2.37. The van der Waals surface area contributed by atoms with Gasteiger partial charge in [0, 0.05) is 12.6 Å². The van der Waals surface area contributed by atoms with Gasteiger partial charge in [0.05, 0.1) is 27.1 Å². The van der Waals surface area contributed by atoms with Gasteiger partial charge in [0.2, 0.25) is 5.91 Å². The van der Waals surface area contributed by atoms with Gasteiger partial charge in [0.25, 0.3) is 0 Å². The summed E-state index contributed by atoms with van der Waals surface area (Å²) in [6.07, 6.45) is 0. The molecule has 10 heteroatoms. The van der Waals surface area contributed by atoms with E-state index in [0.717, 1.165) is 12.0 Å². The number of halogens is 3. The van der Waals surface area contributed by atoms with E-state index in [1.165, 1.54) is 14.2 Å². The maximum atomic E-state index is 12.3. The second kappa shape index (κ2) is 9.40. The summed E-state index contributed by atoms with van der Waals surface area (Å²) >= 11 is -0.462. The van der Waals surface area contributed by atoms with Crippen molar-refractivity contribution in [2.75, 3.05) is 33.6 Å². The highest BCUT2D eigenvalue weighted by atomic mass is 32.2. The monoisotopic (exact) mass is 381 g/mol. The Balaban J connectivity index is 2.96. The smallest absolute Gasteiger partial charge is 0.442 e. The van der Waals surface area contributed by atoms with Crippen molar-refractivity contribution in [3.63, 3.8) is 0 Å². The summed E-state index contributed by atoms with van der Waals surface area (Å²) < 4.78 is 51.6. The van der Waals surface area contributed by atoms with E-state index >= 15 is 0 Å². The number of nitrogens with zero attached hydrogens (tertiary/aromatic N) is 1. The Kier molecular flexibility index (Phi) is 7.88. The quantitative estimate of drug-likeness (QED) is 0.645. The van der Waals surface area contributed by atoms with Crippen LogP contribution in [0.5, 0.6) is 11.5 Å². The van der Waals surface area contributed by atoms with Crippen molar-refractivity contribution in [2.45, 2.75) is 12.1 Å². The van der Waals surface area contributed by atoms with E-state index < -0.39 is 41.4 Å². The molecule has 140 valence electrons. The summed E-state index contributed by atoms with van der Waals surface area (Å²) in [7, 11) is 4.01. The minimum Gasteiger partial charge on any atom is -0.497 e. The molecule has 0 aromatic heterocycles. The maximum absolute atomic E-state index is 12.3. The molecule has 0 aliphatic rings. The van der Waals surface area contributed by atoms with E-state index in [1.807, 2.05) is 0 Å². The van der Waals surface area contributed by atoms with Gasteiger partial charge in [-0.05, 0) is 29.5 Å². The van der Waals surface area contributed by atoms with Crippen LogP contribution in [0.25, 0.3) is 0 Å². The fourth-order valence-electron chi connectivity index (χ4n) is 1.87. The van der Waals surface area contributed by atoms with Crippen molar-refractivity contribution < 1.29 is 37.0 Å². The number of hydrogen-bond acceptors (Lipinski definition) is 6. The van der Waals surface area contributed by atoms with Gasteiger partial charge in [0.15, 0.2) is 0 Å². The lowest BCUT2D eigenvalue weighted by atomic mass is 10.2. The molecule has 0 N–H and O–H groups in total. The molecule has 1 aromatic carbocycles. The Morgan fingerprint density at radius 3 is 2.08 bits per heavy atom. The molecule has 1 aromatic rings. The summed E-state index contributed by atoms with van der Waals surface area (Å²) in [4.78, 5) is 24.5. The van der Waals surface area contributed by atoms with Crippen molar-refractivity contribution in [3.05, 3.63) is 23.8 Å². The molecule has 25 heavy (non-hydrogen) atoms. The fraction of sp³-hybridized carbons (Fsp3) is 0.467. The van der Waals surface area contributed by atoms with Gasteiger partial charge >= 0.3 is 11.5 Å². The number of hydrogen-bond donors (Lipinski definition) is 0. The van der Waals surface area contributed by atoms with E-state index in [4.69, 9.17) is 9.47 Å². The van der Waals surface area contributed by atoms with Crippen LogP contribution in [0.1, 0.15) is 5.56 Å². The minimum absolute atomic E-state index is 0.0973. The predicted octanol–water partition coefficient (Wildman–Crippen LogP) is 2.46. The number of thioether (sulfide) groups is 1. The SMILES string of the molecule is COC(=O)CN(Cc1cc(OC)cc(OC)c1)C(=O)CSC(F)(F)F. The van der Waals surface area contributed by atoms with Crippen LogP contribution in [0, 0.1) is 0 Å². The molecule has 6 nitrogen and oxygen atoms in total. The Bertz CT molecular complexity index is 587. The number of carbonyl (C=O) groups excluding carboxylic acids is 2. The molecule has 0 fully saturated rings. The molecule has 0 spiro atoms. The molecule has 0 heterocycles. The molecule has 0 saturated heterocycles. The van der Waals surface area contributed by atoms with Crippen LogP contribution in [0.4, 0.5) is 13.2 Å². The molecule has 0 unspecified atom stereocenters. The number of alkyl halides is 3. The van der Waals surface area contributed by atoms with Gasteiger partial charge in [-0.1, -0.05) is 0 Å². The van der Waals surface area contributed by atoms with Crippen LogP contribution < -0.4 is 9.47 Å². The third kappa shape index (κ3) is 7.55. The lowest BCUT2D eigenvalue weighted by Gasteiger charge is -2.22. The summed E-state index contributed by atoms with van der Waals surface area (Å²) in [5, 5.41) is 0. The number of rotatable bonds is 8. The van der Waals surface area contributed by atoms with Gasteiger partial charge in [0.1, 0.15) is 18.0 Å². The standard InChI is InChI=1S/C15H18F3NO5S/c1-22-11-4-10(5-12(6-11)23-2)7-19(8-14(21)24-3)13(20)9-25-15(16,17)18/h4-6H,7-9H2,1-3H3. The highest BCUT2D eigenvalue weighted by Crippen LogP contribution is 2.30. The summed E-state index contributed by atoms with van der Waals surface area (Å²) in [6.45, 7) is -0.562. The Hall–Kier alpha value is -2.10. The average Bonchev–Trinajstić information content (AvgIpc) is 2.57. The van der Waals surface area contributed by atoms with E-state index in [9.17, 15) is 22.8 Å². The van der Waals surface area contributed by atoms with Gasteiger partial charge in [-0.25, -0.2) is 0 Å². The Labute approximate surface area is 147 Å². The van der Waals surface area contributed by atoms with Crippen molar-refractivity contribution in [1.82, 2.24) is 4.90 Å². The predicted molar refractivity (Wildman–Crippen MR) is 85.5 cm³/mol. The molecular weight excluding hydrogens is 363 g/mol. The van der Waals surface area contributed by atoms with E-state index in [2.05, 4.69) is 4.74 Å². The van der Waals surface area contributed by atoms with Crippen LogP contribution in [0.3, 0.4) is 0 Å². The number of carbonyl (C=O) groups is 2. The topological polar surface area (TPSA) is 65.1 Å². The molecule has 1 amide bonds. The molecule has 0 saturated carbocycles. The first-order valence-corrected chi connectivity index (χ1v) is 7.94. The van der Waals surface area contributed by atoms with Crippen LogP contribution in [-0.4, -0.2) is 55.9 Å². The highest BCUT2D eigenvalue weighted by Gasteiger charge is 2.31. The van der Waals surface area contributed by atoms with Crippen molar-refractivity contribution in [3.8, 4) is 11.5 Å². The summed E-state index contributed by atoms with van der Waals surface area (Å²) in [5.74, 6) is -1.51.